The van der Waals surface area contributed by atoms with Crippen LogP contribution in [0.15, 0.2) is 64.9 Å². The summed E-state index contributed by atoms with van der Waals surface area (Å²) in [5.41, 5.74) is 4.58. The lowest BCUT2D eigenvalue weighted by atomic mass is 10.1. The van der Waals surface area contributed by atoms with Gasteiger partial charge in [-0.15, -0.1) is 0 Å². The summed E-state index contributed by atoms with van der Waals surface area (Å²) in [6.07, 6.45) is 3.52. The van der Waals surface area contributed by atoms with E-state index in [-0.39, 0.29) is 5.91 Å². The van der Waals surface area contributed by atoms with Crippen LogP contribution in [0, 0.1) is 0 Å². The van der Waals surface area contributed by atoms with Crippen LogP contribution in [-0.2, 0) is 4.79 Å². The molecule has 0 aliphatic carbocycles. The van der Waals surface area contributed by atoms with Crippen LogP contribution in [0.25, 0.3) is 0 Å². The van der Waals surface area contributed by atoms with Crippen LogP contribution in [0.5, 0.6) is 0 Å². The van der Waals surface area contributed by atoms with E-state index in [0.717, 1.165) is 29.1 Å². The largest absolute Gasteiger partial charge is 0.272 e. The van der Waals surface area contributed by atoms with Crippen LogP contribution in [0.4, 0.5) is 0 Å². The highest BCUT2D eigenvalue weighted by molar-refractivity contribution is 7.99. The highest BCUT2D eigenvalue weighted by Gasteiger charge is 2.05. The van der Waals surface area contributed by atoms with Crippen molar-refractivity contribution < 1.29 is 4.79 Å². The monoisotopic (exact) mass is 313 g/mol. The van der Waals surface area contributed by atoms with Gasteiger partial charge in [0.2, 0.25) is 5.91 Å². The minimum absolute atomic E-state index is 0.125. The van der Waals surface area contributed by atoms with Gasteiger partial charge in [-0.3, -0.25) is 4.79 Å². The summed E-state index contributed by atoms with van der Waals surface area (Å²) >= 11 is 1.40. The Hall–Kier alpha value is -2.14. The summed E-state index contributed by atoms with van der Waals surface area (Å²) in [5.74, 6) is 0.175. The van der Waals surface area contributed by atoms with Crippen molar-refractivity contribution in [3.63, 3.8) is 0 Å². The Labute approximate surface area is 135 Å². The Morgan fingerprint density at radius 3 is 2.64 bits per heavy atom. The summed E-state index contributed by atoms with van der Waals surface area (Å²) in [7, 11) is 0. The summed E-state index contributed by atoms with van der Waals surface area (Å²) in [6, 6.07) is 15.6. The zero-order chi connectivity index (χ0) is 15.6. The van der Waals surface area contributed by atoms with Gasteiger partial charge in [-0.2, -0.15) is 5.10 Å². The number of hydrogen-bond donors (Lipinski definition) is 1. The molecule has 0 aliphatic rings. The zero-order valence-electron chi connectivity index (χ0n) is 12.5. The molecule has 0 saturated heterocycles. The van der Waals surface area contributed by atoms with E-state index in [9.17, 15) is 4.79 Å². The van der Waals surface area contributed by atoms with Crippen LogP contribution in [-0.4, -0.2) is 22.4 Å². The quantitative estimate of drug-likeness (QED) is 0.483. The Kier molecular flexibility index (Phi) is 6.64. The predicted molar refractivity (Wildman–Crippen MR) is 91.0 cm³/mol. The third-order valence-electron chi connectivity index (χ3n) is 2.90. The molecule has 1 heterocycles. The van der Waals surface area contributed by atoms with E-state index in [1.165, 1.54) is 11.8 Å². The van der Waals surface area contributed by atoms with Gasteiger partial charge in [-0.1, -0.05) is 61.5 Å². The molecule has 1 aromatic carbocycles. The van der Waals surface area contributed by atoms with Gasteiger partial charge < -0.3 is 0 Å². The predicted octanol–water partition coefficient (Wildman–Crippen LogP) is 3.49. The number of nitrogens with zero attached hydrogens (tertiary/aromatic N) is 2. The first kappa shape index (κ1) is 16.2. The van der Waals surface area contributed by atoms with E-state index in [1.54, 1.807) is 6.20 Å². The van der Waals surface area contributed by atoms with E-state index in [1.807, 2.05) is 48.5 Å². The topological polar surface area (TPSA) is 54.4 Å². The molecule has 1 N–H and O–H groups in total. The number of nitrogens with one attached hydrogen (secondary N) is 1. The maximum atomic E-state index is 11.9. The Morgan fingerprint density at radius 1 is 1.18 bits per heavy atom. The molecule has 22 heavy (non-hydrogen) atoms. The molecule has 0 unspecified atom stereocenters. The number of hydrazone groups is 1. The number of hydrogen-bond acceptors (Lipinski definition) is 4. The molecule has 0 fully saturated rings. The Bertz CT molecular complexity index is 614. The van der Waals surface area contributed by atoms with Gasteiger partial charge >= 0.3 is 0 Å². The minimum Gasteiger partial charge on any atom is -0.272 e. The summed E-state index contributed by atoms with van der Waals surface area (Å²) in [4.78, 5) is 16.1. The fraction of sp³-hybridized carbons (Fsp3) is 0.235. The van der Waals surface area contributed by atoms with Crippen LogP contribution in [0.1, 0.15) is 25.3 Å². The smallest absolute Gasteiger partial charge is 0.250 e. The first-order valence-electron chi connectivity index (χ1n) is 7.24. The van der Waals surface area contributed by atoms with E-state index in [4.69, 9.17) is 0 Å². The molecule has 0 spiro atoms. The van der Waals surface area contributed by atoms with Crippen LogP contribution in [0.2, 0.25) is 0 Å². The average Bonchev–Trinajstić information content (AvgIpc) is 2.58. The maximum absolute atomic E-state index is 11.9. The van der Waals surface area contributed by atoms with E-state index in [2.05, 4.69) is 22.4 Å². The van der Waals surface area contributed by atoms with Crippen molar-refractivity contribution in [1.82, 2.24) is 10.4 Å². The maximum Gasteiger partial charge on any atom is 0.250 e. The van der Waals surface area contributed by atoms with Crippen molar-refractivity contribution in [2.75, 3.05) is 5.75 Å². The van der Waals surface area contributed by atoms with Crippen LogP contribution < -0.4 is 5.43 Å². The van der Waals surface area contributed by atoms with E-state index >= 15 is 0 Å². The molecule has 114 valence electrons. The molecule has 5 heteroatoms. The second-order valence-electron chi connectivity index (χ2n) is 4.67. The Balaban J connectivity index is 1.91. The molecular formula is C17H19N3OS. The Morgan fingerprint density at radius 2 is 1.95 bits per heavy atom. The second kappa shape index (κ2) is 9.00. The number of rotatable bonds is 7. The van der Waals surface area contributed by atoms with Crippen molar-refractivity contribution >= 4 is 23.4 Å². The third-order valence-corrected chi connectivity index (χ3v) is 3.84. The van der Waals surface area contributed by atoms with Crippen molar-refractivity contribution in [2.24, 2.45) is 5.10 Å². The average molecular weight is 313 g/mol. The summed E-state index contributed by atoms with van der Waals surface area (Å²) in [5, 5.41) is 5.11. The molecule has 0 aliphatic heterocycles. The van der Waals surface area contributed by atoms with Crippen LogP contribution in [0.3, 0.4) is 0 Å². The first-order chi connectivity index (χ1) is 10.8. The first-order valence-corrected chi connectivity index (χ1v) is 8.23. The highest BCUT2D eigenvalue weighted by Crippen LogP contribution is 2.13. The fourth-order valence-corrected chi connectivity index (χ4v) is 2.52. The second-order valence-corrected chi connectivity index (χ2v) is 5.66. The number of carbonyl (C=O) groups is 1. The molecule has 0 atom stereocenters. The zero-order valence-corrected chi connectivity index (χ0v) is 13.3. The third kappa shape index (κ3) is 5.33. The number of benzene rings is 1. The fourth-order valence-electron chi connectivity index (χ4n) is 1.87. The number of pyridine rings is 1. The van der Waals surface area contributed by atoms with Gasteiger partial charge in [0, 0.05) is 6.20 Å². The normalized spacial score (nSPS) is 11.2. The van der Waals surface area contributed by atoms with Gasteiger partial charge in [0.25, 0.3) is 0 Å². The SMILES string of the molecule is CCCC(=NNC(=O)CSc1ccccn1)c1ccccc1. The molecule has 0 bridgehead atoms. The summed E-state index contributed by atoms with van der Waals surface area (Å²) in [6.45, 7) is 2.09. The van der Waals surface area contributed by atoms with E-state index < -0.39 is 0 Å². The van der Waals surface area contributed by atoms with Gasteiger partial charge in [-0.05, 0) is 24.1 Å². The number of thioether (sulfide) groups is 1. The van der Waals surface area contributed by atoms with E-state index in [0.29, 0.717) is 5.75 Å². The lowest BCUT2D eigenvalue weighted by Crippen LogP contribution is -2.22. The van der Waals surface area contributed by atoms with Gasteiger partial charge in [0.15, 0.2) is 0 Å². The number of amides is 1. The molecule has 1 aromatic heterocycles. The molecule has 4 nitrogen and oxygen atoms in total. The van der Waals surface area contributed by atoms with Gasteiger partial charge in [0.05, 0.1) is 16.5 Å². The van der Waals surface area contributed by atoms with Gasteiger partial charge in [0.1, 0.15) is 0 Å². The van der Waals surface area contributed by atoms with Crippen molar-refractivity contribution in [3.8, 4) is 0 Å². The molecule has 1 amide bonds. The van der Waals surface area contributed by atoms with Crippen molar-refractivity contribution in [2.45, 2.75) is 24.8 Å². The molecule has 0 saturated carbocycles. The molecular weight excluding hydrogens is 294 g/mol. The number of carbonyl (C=O) groups excluding carboxylic acids is 1. The lowest BCUT2D eigenvalue weighted by Gasteiger charge is -2.06. The molecule has 0 radical (unpaired) electrons. The molecule has 2 rings (SSSR count). The molecule has 2 aromatic rings. The lowest BCUT2D eigenvalue weighted by molar-refractivity contribution is -0.118. The van der Waals surface area contributed by atoms with Crippen molar-refractivity contribution in [1.29, 1.82) is 0 Å². The standard InChI is InChI=1S/C17H19N3OS/c1-2-8-15(14-9-4-3-5-10-14)19-20-16(21)13-22-17-11-6-7-12-18-17/h3-7,9-12H,2,8,13H2,1H3,(H,20,21). The van der Waals surface area contributed by atoms with Crippen molar-refractivity contribution in [3.05, 3.63) is 60.3 Å². The number of aromatic nitrogens is 1. The van der Waals surface area contributed by atoms with Crippen LogP contribution >= 0.6 is 11.8 Å². The van der Waals surface area contributed by atoms with Gasteiger partial charge in [-0.25, -0.2) is 10.4 Å². The highest BCUT2D eigenvalue weighted by atomic mass is 32.2. The minimum atomic E-state index is -0.125. The summed E-state index contributed by atoms with van der Waals surface area (Å²) < 4.78 is 0.